The number of nitrogens with zero attached hydrogens (tertiary/aromatic N) is 3. The van der Waals surface area contributed by atoms with Crippen LogP contribution in [0.2, 0.25) is 0 Å². The van der Waals surface area contributed by atoms with Crippen LogP contribution in [0.4, 0.5) is 15.3 Å². The number of hydrogen-bond acceptors (Lipinski definition) is 7. The Labute approximate surface area is 248 Å². The number of ether oxygens (including phenoxy) is 1. The zero-order valence-corrected chi connectivity index (χ0v) is 25.9. The van der Waals surface area contributed by atoms with Crippen molar-refractivity contribution < 1.29 is 33.0 Å². The number of carbonyl (C=O) groups is 2. The van der Waals surface area contributed by atoms with Gasteiger partial charge in [0.25, 0.3) is 0 Å². The quantitative estimate of drug-likeness (QED) is 0.299. The second kappa shape index (κ2) is 14.5. The summed E-state index contributed by atoms with van der Waals surface area (Å²) in [5.41, 5.74) is -0.360. The molecular formula is C30H42N4O7S. The Balaban J connectivity index is 2.47. The minimum atomic E-state index is -4.27. The van der Waals surface area contributed by atoms with Crippen molar-refractivity contribution in [3.8, 4) is 6.07 Å². The van der Waals surface area contributed by atoms with Crippen molar-refractivity contribution >= 4 is 27.9 Å². The molecule has 0 fully saturated rings. The van der Waals surface area contributed by atoms with E-state index in [1.807, 2.05) is 19.9 Å². The molecule has 0 aliphatic rings. The predicted molar refractivity (Wildman–Crippen MR) is 160 cm³/mol. The average molecular weight is 603 g/mol. The molecule has 2 amide bonds. The zero-order valence-electron chi connectivity index (χ0n) is 25.1. The van der Waals surface area contributed by atoms with Gasteiger partial charge in [0.15, 0.2) is 0 Å². The monoisotopic (exact) mass is 602 g/mol. The largest absolute Gasteiger partial charge is 0.465 e. The number of aliphatic hydroxyl groups is 1. The van der Waals surface area contributed by atoms with Crippen LogP contribution < -0.4 is 10.2 Å². The van der Waals surface area contributed by atoms with E-state index in [0.29, 0.717) is 6.42 Å². The summed E-state index contributed by atoms with van der Waals surface area (Å²) in [6.07, 6.45) is -2.68. The molecule has 0 spiro atoms. The lowest BCUT2D eigenvalue weighted by Crippen LogP contribution is -2.51. The third-order valence-corrected chi connectivity index (χ3v) is 8.30. The Morgan fingerprint density at radius 3 is 2.29 bits per heavy atom. The number of anilines is 1. The highest BCUT2D eigenvalue weighted by atomic mass is 32.2. The van der Waals surface area contributed by atoms with Gasteiger partial charge in [0.1, 0.15) is 5.60 Å². The molecule has 0 aliphatic carbocycles. The summed E-state index contributed by atoms with van der Waals surface area (Å²) in [4.78, 5) is 25.3. The Hall–Kier alpha value is -3.66. The number of hydrogen-bond donors (Lipinski definition) is 3. The topological polar surface area (TPSA) is 160 Å². The predicted octanol–water partition coefficient (Wildman–Crippen LogP) is 4.62. The summed E-state index contributed by atoms with van der Waals surface area (Å²) in [5, 5.41) is 32.1. The third kappa shape index (κ3) is 10.6. The number of rotatable bonds is 13. The first kappa shape index (κ1) is 34.5. The molecule has 0 aliphatic heterocycles. The van der Waals surface area contributed by atoms with Crippen LogP contribution >= 0.6 is 0 Å². The van der Waals surface area contributed by atoms with Crippen LogP contribution in [0, 0.1) is 16.7 Å². The second-order valence-electron chi connectivity index (χ2n) is 12.0. The highest BCUT2D eigenvalue weighted by Crippen LogP contribution is 2.29. The van der Waals surface area contributed by atoms with Gasteiger partial charge in [-0.15, -0.1) is 0 Å². The van der Waals surface area contributed by atoms with Gasteiger partial charge in [0, 0.05) is 32.2 Å². The molecule has 0 heterocycles. The van der Waals surface area contributed by atoms with E-state index in [1.54, 1.807) is 51.1 Å². The minimum Gasteiger partial charge on any atom is -0.465 e. The average Bonchev–Trinajstić information content (AvgIpc) is 2.90. The Bertz CT molecular complexity index is 1350. The fourth-order valence-electron chi connectivity index (χ4n) is 4.28. The first-order chi connectivity index (χ1) is 19.4. The van der Waals surface area contributed by atoms with Gasteiger partial charge in [-0.3, -0.25) is 4.90 Å². The normalized spacial score (nSPS) is 13.6. The van der Waals surface area contributed by atoms with Crippen LogP contribution in [0.15, 0.2) is 59.5 Å². The van der Waals surface area contributed by atoms with E-state index in [1.165, 1.54) is 30.1 Å². The molecule has 12 heteroatoms. The van der Waals surface area contributed by atoms with E-state index in [0.717, 1.165) is 9.87 Å². The molecule has 3 N–H and O–H groups in total. The molecule has 42 heavy (non-hydrogen) atoms. The molecule has 0 bridgehead atoms. The zero-order chi connectivity index (χ0) is 31.7. The van der Waals surface area contributed by atoms with Gasteiger partial charge in [-0.2, -0.15) is 9.57 Å². The van der Waals surface area contributed by atoms with E-state index in [-0.39, 0.29) is 30.0 Å². The van der Waals surface area contributed by atoms with Crippen molar-refractivity contribution in [3.05, 3.63) is 60.2 Å². The van der Waals surface area contributed by atoms with E-state index in [4.69, 9.17) is 10.00 Å². The number of carbonyl (C=O) groups excluding carboxylic acids is 1. The van der Waals surface area contributed by atoms with E-state index >= 15 is 0 Å². The van der Waals surface area contributed by atoms with Crippen LogP contribution in [-0.4, -0.2) is 73.0 Å². The van der Waals surface area contributed by atoms with Crippen molar-refractivity contribution in [1.29, 1.82) is 5.26 Å². The number of nitrogens with one attached hydrogen (secondary N) is 1. The fourth-order valence-corrected chi connectivity index (χ4v) is 5.97. The van der Waals surface area contributed by atoms with Crippen molar-refractivity contribution in [1.82, 2.24) is 9.62 Å². The smallest absolute Gasteiger partial charge is 0.414 e. The van der Waals surface area contributed by atoms with Gasteiger partial charge >= 0.3 is 12.2 Å². The number of sulfonamides is 1. The van der Waals surface area contributed by atoms with Crippen LogP contribution in [0.5, 0.6) is 0 Å². The van der Waals surface area contributed by atoms with E-state index in [2.05, 4.69) is 11.4 Å². The van der Waals surface area contributed by atoms with Gasteiger partial charge < -0.3 is 20.3 Å². The summed E-state index contributed by atoms with van der Waals surface area (Å²) in [6, 6.07) is 15.8. The van der Waals surface area contributed by atoms with E-state index < -0.39 is 51.9 Å². The first-order valence-corrected chi connectivity index (χ1v) is 15.0. The molecular weight excluding hydrogens is 560 g/mol. The van der Waals surface area contributed by atoms with Crippen LogP contribution in [0.3, 0.4) is 0 Å². The van der Waals surface area contributed by atoms with Gasteiger partial charge in [-0.1, -0.05) is 50.2 Å². The lowest BCUT2D eigenvalue weighted by molar-refractivity contribution is 0.0589. The molecule has 2 aromatic rings. The minimum absolute atomic E-state index is 0.0503. The van der Waals surface area contributed by atoms with E-state index in [9.17, 15) is 28.2 Å². The molecule has 11 nitrogen and oxygen atoms in total. The molecule has 2 atom stereocenters. The summed E-state index contributed by atoms with van der Waals surface area (Å²) in [7, 11) is -2.80. The molecule has 0 aromatic heterocycles. The van der Waals surface area contributed by atoms with Gasteiger partial charge in [-0.05, 0) is 62.8 Å². The molecule has 0 saturated carbocycles. The highest BCUT2D eigenvalue weighted by molar-refractivity contribution is 7.89. The molecule has 2 aromatic carbocycles. The summed E-state index contributed by atoms with van der Waals surface area (Å²) in [6.45, 7) is 8.35. The molecule has 0 saturated heterocycles. The summed E-state index contributed by atoms with van der Waals surface area (Å²) in [5.74, 6) is 0. The maximum atomic E-state index is 14.1. The van der Waals surface area contributed by atoms with Gasteiger partial charge in [0.2, 0.25) is 10.0 Å². The van der Waals surface area contributed by atoms with Crippen molar-refractivity contribution in [2.24, 2.45) is 5.41 Å². The highest BCUT2D eigenvalue weighted by Gasteiger charge is 2.35. The fraction of sp³-hybridized carbons (Fsp3) is 0.500. The Morgan fingerprint density at radius 1 is 1.07 bits per heavy atom. The number of carboxylic acid groups (broad SMARTS) is 1. The van der Waals surface area contributed by atoms with Crippen molar-refractivity contribution in [2.45, 2.75) is 76.5 Å². The Morgan fingerprint density at radius 2 is 1.71 bits per heavy atom. The van der Waals surface area contributed by atoms with Crippen LogP contribution in [0.1, 0.15) is 53.0 Å². The van der Waals surface area contributed by atoms with Crippen LogP contribution in [0.25, 0.3) is 0 Å². The standard InChI is InChI=1S/C30H42N4O7S/c1-29(2,3)41-28(38)33(6)23-14-10-15-24(19-23)42(39,40)34(21-30(4,5)16-11-17-31)20-26(35)25(32-27(36)37)18-22-12-8-7-9-13-22/h7-10,12-15,19,25-26,32,35H,11,16,18,20-21H2,1-6H3,(H,36,37)/t25-,26+/m0/s1. The third-order valence-electron chi connectivity index (χ3n) is 6.49. The van der Waals surface area contributed by atoms with Crippen molar-refractivity contribution in [2.75, 3.05) is 25.0 Å². The SMILES string of the molecule is CN(C(=O)OC(C)(C)C)c1cccc(S(=O)(=O)N(C[C@@H](O)[C@H](Cc2ccccc2)NC(=O)O)CC(C)(C)CCC#N)c1. The summed E-state index contributed by atoms with van der Waals surface area (Å²) < 4.78 is 34.7. The molecule has 0 radical (unpaired) electrons. The van der Waals surface area contributed by atoms with Gasteiger partial charge in [-0.25, -0.2) is 18.0 Å². The Kier molecular flexibility index (Phi) is 11.9. The lowest BCUT2D eigenvalue weighted by Gasteiger charge is -2.34. The molecule has 0 unspecified atom stereocenters. The van der Waals surface area contributed by atoms with Gasteiger partial charge in [0.05, 0.1) is 23.1 Å². The summed E-state index contributed by atoms with van der Waals surface area (Å²) >= 11 is 0. The second-order valence-corrected chi connectivity index (χ2v) is 13.9. The molecule has 230 valence electrons. The van der Waals surface area contributed by atoms with Crippen LogP contribution in [-0.2, 0) is 21.2 Å². The first-order valence-electron chi connectivity index (χ1n) is 13.6. The van der Waals surface area contributed by atoms with Crippen molar-refractivity contribution in [3.63, 3.8) is 0 Å². The maximum Gasteiger partial charge on any atom is 0.414 e. The molecule has 2 rings (SSSR count). The number of aliphatic hydroxyl groups excluding tert-OH is 1. The number of benzene rings is 2. The maximum absolute atomic E-state index is 14.1. The lowest BCUT2D eigenvalue weighted by atomic mass is 9.88. The number of amides is 2. The number of nitriles is 1.